The lowest BCUT2D eigenvalue weighted by atomic mass is 9.76. The van der Waals surface area contributed by atoms with Crippen molar-refractivity contribution >= 4 is 23.5 Å². The van der Waals surface area contributed by atoms with E-state index in [9.17, 15) is 19.8 Å². The maximum atomic E-state index is 12.5. The molecule has 4 rings (SSSR count). The summed E-state index contributed by atoms with van der Waals surface area (Å²) in [6.07, 6.45) is 4.17. The smallest absolute Gasteiger partial charge is 0.326 e. The van der Waals surface area contributed by atoms with Crippen LogP contribution in [-0.2, 0) is 16.1 Å². The zero-order chi connectivity index (χ0) is 19.2. The largest absolute Gasteiger partial charge is 0.506 e. The number of halogens is 1. The molecule has 0 bridgehead atoms. The van der Waals surface area contributed by atoms with Crippen molar-refractivity contribution in [3.8, 4) is 5.75 Å². The molecule has 0 aromatic heterocycles. The summed E-state index contributed by atoms with van der Waals surface area (Å²) in [5.41, 5.74) is 0.977. The molecule has 1 saturated carbocycles. The summed E-state index contributed by atoms with van der Waals surface area (Å²) >= 11 is 5.99. The zero-order valence-electron chi connectivity index (χ0n) is 15.2. The fourth-order valence-electron chi connectivity index (χ4n) is 4.53. The van der Waals surface area contributed by atoms with E-state index in [0.717, 1.165) is 50.9 Å². The van der Waals surface area contributed by atoms with E-state index in [-0.39, 0.29) is 23.0 Å². The molecule has 0 radical (unpaired) electrons. The first-order valence-electron chi connectivity index (χ1n) is 9.60. The summed E-state index contributed by atoms with van der Waals surface area (Å²) in [5.74, 6) is -0.687. The van der Waals surface area contributed by atoms with E-state index in [1.807, 2.05) is 6.07 Å². The van der Waals surface area contributed by atoms with Gasteiger partial charge in [-0.3, -0.25) is 9.69 Å². The number of aliphatic carboxylic acids is 1. The standard InChI is InChI=1S/C20H25ClN2O4/c21-15-9-13(1-4-17(15)24)11-22-7-5-20(6-8-22)10-16(19(26)27)23(12-20)18(25)14-2-3-14/h1,4,9,14,16,24H,2-3,5-8,10-12H2,(H,26,27)/t16-/m1/s1. The van der Waals surface area contributed by atoms with E-state index in [4.69, 9.17) is 11.6 Å². The van der Waals surface area contributed by atoms with Crippen LogP contribution in [0.1, 0.15) is 37.7 Å². The molecule has 1 aliphatic carbocycles. The Morgan fingerprint density at radius 1 is 1.22 bits per heavy atom. The van der Waals surface area contributed by atoms with Gasteiger partial charge in [0.25, 0.3) is 0 Å². The molecule has 2 aliphatic heterocycles. The summed E-state index contributed by atoms with van der Waals surface area (Å²) in [4.78, 5) is 28.2. The van der Waals surface area contributed by atoms with Gasteiger partial charge in [0.2, 0.25) is 5.91 Å². The Morgan fingerprint density at radius 3 is 2.52 bits per heavy atom. The predicted molar refractivity (Wildman–Crippen MR) is 101 cm³/mol. The molecule has 2 N–H and O–H groups in total. The van der Waals surface area contributed by atoms with Gasteiger partial charge in [-0.05, 0) is 68.3 Å². The number of phenolic OH excluding ortho intramolecular Hbond substituents is 1. The van der Waals surface area contributed by atoms with Gasteiger partial charge < -0.3 is 15.1 Å². The average Bonchev–Trinajstić information content (AvgIpc) is 3.42. The second-order valence-corrected chi connectivity index (χ2v) is 8.77. The van der Waals surface area contributed by atoms with Crippen LogP contribution < -0.4 is 0 Å². The van der Waals surface area contributed by atoms with Crippen molar-refractivity contribution in [3.63, 3.8) is 0 Å². The first-order valence-corrected chi connectivity index (χ1v) is 9.98. The Balaban J connectivity index is 1.39. The van der Waals surface area contributed by atoms with Gasteiger partial charge in [0.15, 0.2) is 0 Å². The Labute approximate surface area is 163 Å². The number of rotatable bonds is 4. The van der Waals surface area contributed by atoms with Gasteiger partial charge in [0, 0.05) is 19.0 Å². The van der Waals surface area contributed by atoms with E-state index in [2.05, 4.69) is 4.90 Å². The third-order valence-electron chi connectivity index (χ3n) is 6.34. The highest BCUT2D eigenvalue weighted by Gasteiger charge is 2.51. The molecule has 3 aliphatic rings. The second-order valence-electron chi connectivity index (χ2n) is 8.36. The fraction of sp³-hybridized carbons (Fsp3) is 0.600. The van der Waals surface area contributed by atoms with Gasteiger partial charge in [-0.2, -0.15) is 0 Å². The summed E-state index contributed by atoms with van der Waals surface area (Å²) in [5, 5.41) is 19.5. The van der Waals surface area contributed by atoms with Gasteiger partial charge in [0.05, 0.1) is 5.02 Å². The number of piperidine rings is 1. The van der Waals surface area contributed by atoms with Crippen LogP contribution in [0.2, 0.25) is 5.02 Å². The van der Waals surface area contributed by atoms with Gasteiger partial charge in [-0.15, -0.1) is 0 Å². The Kier molecular flexibility index (Phi) is 4.80. The Morgan fingerprint density at radius 2 is 1.93 bits per heavy atom. The highest BCUT2D eigenvalue weighted by molar-refractivity contribution is 6.32. The number of phenols is 1. The lowest BCUT2D eigenvalue weighted by molar-refractivity contribution is -0.148. The van der Waals surface area contributed by atoms with Crippen molar-refractivity contribution in [2.45, 2.75) is 44.7 Å². The molecule has 6 nitrogen and oxygen atoms in total. The molecule has 1 spiro atoms. The number of benzene rings is 1. The maximum Gasteiger partial charge on any atom is 0.326 e. The predicted octanol–water partition coefficient (Wildman–Crippen LogP) is 2.72. The molecular weight excluding hydrogens is 368 g/mol. The molecule has 3 fully saturated rings. The van der Waals surface area contributed by atoms with Crippen molar-refractivity contribution in [2.75, 3.05) is 19.6 Å². The van der Waals surface area contributed by atoms with Crippen LogP contribution in [0.3, 0.4) is 0 Å². The number of amides is 1. The summed E-state index contributed by atoms with van der Waals surface area (Å²) in [6.45, 7) is 3.08. The molecule has 0 unspecified atom stereocenters. The van der Waals surface area contributed by atoms with Gasteiger partial charge in [-0.25, -0.2) is 4.79 Å². The molecule has 7 heteroatoms. The number of hydrogen-bond donors (Lipinski definition) is 2. The maximum absolute atomic E-state index is 12.5. The lowest BCUT2D eigenvalue weighted by Gasteiger charge is -2.39. The van der Waals surface area contributed by atoms with Crippen LogP contribution >= 0.6 is 11.6 Å². The molecule has 1 atom stereocenters. The molecule has 146 valence electrons. The lowest BCUT2D eigenvalue weighted by Crippen LogP contribution is -2.43. The molecule has 1 aromatic carbocycles. The topological polar surface area (TPSA) is 81.1 Å². The number of carboxylic acids is 1. The van der Waals surface area contributed by atoms with Crippen LogP contribution in [-0.4, -0.2) is 57.6 Å². The van der Waals surface area contributed by atoms with Gasteiger partial charge in [-0.1, -0.05) is 17.7 Å². The third kappa shape index (κ3) is 3.78. The van der Waals surface area contributed by atoms with Crippen molar-refractivity contribution in [1.82, 2.24) is 9.80 Å². The molecule has 1 amide bonds. The SMILES string of the molecule is O=C(O)[C@H]1CC2(CCN(Cc3ccc(O)c(Cl)c3)CC2)CN1C(=O)C1CC1. The highest BCUT2D eigenvalue weighted by Crippen LogP contribution is 2.45. The molecule has 2 heterocycles. The first kappa shape index (κ1) is 18.6. The number of hydrogen-bond acceptors (Lipinski definition) is 4. The number of nitrogens with zero attached hydrogens (tertiary/aromatic N) is 2. The zero-order valence-corrected chi connectivity index (χ0v) is 16.0. The summed E-state index contributed by atoms with van der Waals surface area (Å²) in [6, 6.07) is 4.60. The third-order valence-corrected chi connectivity index (χ3v) is 6.64. The normalized spacial score (nSPS) is 25.1. The molecular formula is C20H25ClN2O4. The van der Waals surface area contributed by atoms with E-state index < -0.39 is 12.0 Å². The van der Waals surface area contributed by atoms with Crippen molar-refractivity contribution in [3.05, 3.63) is 28.8 Å². The van der Waals surface area contributed by atoms with Gasteiger partial charge >= 0.3 is 5.97 Å². The van der Waals surface area contributed by atoms with Crippen molar-refractivity contribution < 1.29 is 19.8 Å². The first-order chi connectivity index (χ1) is 12.9. The minimum Gasteiger partial charge on any atom is -0.506 e. The molecule has 1 aromatic rings. The van der Waals surface area contributed by atoms with Crippen LogP contribution in [0.25, 0.3) is 0 Å². The quantitative estimate of drug-likeness (QED) is 0.823. The Hall–Kier alpha value is -1.79. The van der Waals surface area contributed by atoms with E-state index >= 15 is 0 Å². The number of aromatic hydroxyl groups is 1. The monoisotopic (exact) mass is 392 g/mol. The minimum atomic E-state index is -0.873. The van der Waals surface area contributed by atoms with E-state index in [1.165, 1.54) is 0 Å². The number of likely N-dealkylation sites (tertiary alicyclic amines) is 2. The Bertz CT molecular complexity index is 756. The second kappa shape index (κ2) is 6.99. The van der Waals surface area contributed by atoms with Gasteiger partial charge in [0.1, 0.15) is 11.8 Å². The summed E-state index contributed by atoms with van der Waals surface area (Å²) in [7, 11) is 0. The van der Waals surface area contributed by atoms with Crippen molar-refractivity contribution in [2.24, 2.45) is 11.3 Å². The van der Waals surface area contributed by atoms with Crippen molar-refractivity contribution in [1.29, 1.82) is 0 Å². The minimum absolute atomic E-state index is 0.0421. The number of carboxylic acid groups (broad SMARTS) is 1. The van der Waals surface area contributed by atoms with Crippen LogP contribution in [0.4, 0.5) is 0 Å². The molecule has 2 saturated heterocycles. The van der Waals surface area contributed by atoms with E-state index in [0.29, 0.717) is 18.0 Å². The highest BCUT2D eigenvalue weighted by atomic mass is 35.5. The summed E-state index contributed by atoms with van der Waals surface area (Å²) < 4.78 is 0. The van der Waals surface area contributed by atoms with Crippen LogP contribution in [0, 0.1) is 11.3 Å². The fourth-order valence-corrected chi connectivity index (χ4v) is 4.73. The number of carbonyl (C=O) groups excluding carboxylic acids is 1. The molecule has 27 heavy (non-hydrogen) atoms. The number of carbonyl (C=O) groups is 2. The van der Waals surface area contributed by atoms with Crippen LogP contribution in [0.5, 0.6) is 5.75 Å². The van der Waals surface area contributed by atoms with Crippen LogP contribution in [0.15, 0.2) is 18.2 Å². The average molecular weight is 393 g/mol. The van der Waals surface area contributed by atoms with E-state index in [1.54, 1.807) is 17.0 Å².